The summed E-state index contributed by atoms with van der Waals surface area (Å²) in [6.45, 7) is 2.24. The highest BCUT2D eigenvalue weighted by Crippen LogP contribution is 2.08. The Kier molecular flexibility index (Phi) is 5.44. The first-order chi connectivity index (χ1) is 13.0. The molecule has 1 N–H and O–H groups in total. The van der Waals surface area contributed by atoms with Crippen molar-refractivity contribution < 1.29 is 4.79 Å². The van der Waals surface area contributed by atoms with Crippen molar-refractivity contribution in [3.8, 4) is 0 Å². The number of hydrogen-bond acceptors (Lipinski definition) is 6. The fourth-order valence-corrected chi connectivity index (χ4v) is 2.68. The molecule has 8 nitrogen and oxygen atoms in total. The van der Waals surface area contributed by atoms with E-state index in [9.17, 15) is 9.59 Å². The number of fused-ring (bicyclic) bond motifs is 1. The second-order valence-corrected chi connectivity index (χ2v) is 6.46. The Bertz CT molecular complexity index is 997. The molecule has 0 fully saturated rings. The average Bonchev–Trinajstić information content (AvgIpc) is 2.69. The van der Waals surface area contributed by atoms with Crippen LogP contribution in [0.2, 0.25) is 0 Å². The minimum atomic E-state index is -0.277. The predicted octanol–water partition coefficient (Wildman–Crippen LogP) is 1.46. The van der Waals surface area contributed by atoms with Gasteiger partial charge in [0.25, 0.3) is 11.5 Å². The van der Waals surface area contributed by atoms with Crippen LogP contribution in [0.5, 0.6) is 0 Å². The van der Waals surface area contributed by atoms with Gasteiger partial charge in [-0.3, -0.25) is 9.59 Å². The van der Waals surface area contributed by atoms with Crippen molar-refractivity contribution in [3.05, 3.63) is 58.8 Å². The molecule has 0 saturated heterocycles. The summed E-state index contributed by atoms with van der Waals surface area (Å²) in [5.41, 5.74) is 0.206. The number of nitrogens with zero attached hydrogens (tertiary/aromatic N) is 5. The van der Waals surface area contributed by atoms with Gasteiger partial charge in [-0.15, -0.1) is 0 Å². The van der Waals surface area contributed by atoms with Gasteiger partial charge in [-0.25, -0.2) is 14.6 Å². The molecular weight excluding hydrogens is 344 g/mol. The lowest BCUT2D eigenvalue weighted by atomic mass is 10.2. The van der Waals surface area contributed by atoms with Gasteiger partial charge in [0.2, 0.25) is 5.95 Å². The van der Waals surface area contributed by atoms with Crippen LogP contribution in [-0.4, -0.2) is 45.8 Å². The minimum Gasteiger partial charge on any atom is -0.347 e. The van der Waals surface area contributed by atoms with E-state index in [1.165, 1.54) is 17.1 Å². The topological polar surface area (TPSA) is 93.0 Å². The monoisotopic (exact) mass is 366 g/mol. The van der Waals surface area contributed by atoms with E-state index in [0.29, 0.717) is 29.9 Å². The van der Waals surface area contributed by atoms with E-state index in [1.54, 1.807) is 17.2 Å². The van der Waals surface area contributed by atoms with E-state index in [2.05, 4.69) is 20.4 Å². The van der Waals surface area contributed by atoms with E-state index in [0.717, 1.165) is 5.39 Å². The molecule has 1 atom stereocenters. The predicted molar refractivity (Wildman–Crippen MR) is 104 cm³/mol. The lowest BCUT2D eigenvalue weighted by molar-refractivity contribution is 0.0930. The second-order valence-electron chi connectivity index (χ2n) is 6.46. The first-order valence-corrected chi connectivity index (χ1v) is 8.74. The summed E-state index contributed by atoms with van der Waals surface area (Å²) in [5.74, 6) is 0.256. The average molecular weight is 366 g/mol. The van der Waals surface area contributed by atoms with Crippen LogP contribution in [0.1, 0.15) is 23.7 Å². The maximum absolute atomic E-state index is 12.6. The van der Waals surface area contributed by atoms with E-state index >= 15 is 0 Å². The van der Waals surface area contributed by atoms with Crippen molar-refractivity contribution in [2.75, 3.05) is 19.0 Å². The lowest BCUT2D eigenvalue weighted by Crippen LogP contribution is -2.40. The van der Waals surface area contributed by atoms with Crippen LogP contribution in [0.4, 0.5) is 5.95 Å². The molecule has 0 aliphatic carbocycles. The van der Waals surface area contributed by atoms with Crippen molar-refractivity contribution in [1.29, 1.82) is 0 Å². The number of hydrogen-bond donors (Lipinski definition) is 1. The van der Waals surface area contributed by atoms with Gasteiger partial charge in [-0.1, -0.05) is 25.1 Å². The molecule has 27 heavy (non-hydrogen) atoms. The van der Waals surface area contributed by atoms with Crippen LogP contribution in [-0.2, 0) is 6.54 Å². The number of amides is 1. The van der Waals surface area contributed by atoms with E-state index in [4.69, 9.17) is 0 Å². The van der Waals surface area contributed by atoms with Gasteiger partial charge < -0.3 is 10.2 Å². The standard InChI is InChI=1S/C19H22N6O2/c1-4-15(23-17(26)14-9-20-19(21-10-14)24(2)3)12-25-18(27)16-8-6-5-7-13(16)11-22-25/h5-11,15H,4,12H2,1-3H3,(H,23,26)/t15-/m1/s1. The SMILES string of the molecule is CC[C@H](Cn1ncc2ccccc2c1=O)NC(=O)c1cnc(N(C)C)nc1. The number of carbonyl (C=O) groups is 1. The van der Waals surface area contributed by atoms with Crippen LogP contribution in [0.15, 0.2) is 47.7 Å². The van der Waals surface area contributed by atoms with E-state index < -0.39 is 0 Å². The molecule has 2 aromatic heterocycles. The zero-order valence-electron chi connectivity index (χ0n) is 15.6. The van der Waals surface area contributed by atoms with E-state index in [1.807, 2.05) is 39.2 Å². The number of anilines is 1. The van der Waals surface area contributed by atoms with Gasteiger partial charge in [0, 0.05) is 37.9 Å². The first-order valence-electron chi connectivity index (χ1n) is 8.74. The summed E-state index contributed by atoms with van der Waals surface area (Å²) in [6, 6.07) is 7.08. The quantitative estimate of drug-likeness (QED) is 0.710. The molecule has 2 heterocycles. The van der Waals surface area contributed by atoms with Crippen LogP contribution in [0.25, 0.3) is 10.8 Å². The highest BCUT2D eigenvalue weighted by molar-refractivity contribution is 5.93. The molecule has 0 aliphatic rings. The molecule has 1 amide bonds. The van der Waals surface area contributed by atoms with Gasteiger partial charge in [0.1, 0.15) is 0 Å². The third-order valence-electron chi connectivity index (χ3n) is 4.28. The molecule has 0 saturated carbocycles. The van der Waals surface area contributed by atoms with Gasteiger partial charge >= 0.3 is 0 Å². The highest BCUT2D eigenvalue weighted by Gasteiger charge is 2.15. The Balaban J connectivity index is 1.75. The molecule has 8 heteroatoms. The molecule has 0 spiro atoms. The maximum atomic E-state index is 12.6. The third-order valence-corrected chi connectivity index (χ3v) is 4.28. The summed E-state index contributed by atoms with van der Waals surface area (Å²) in [4.78, 5) is 35.1. The Morgan fingerprint density at radius 3 is 2.56 bits per heavy atom. The Morgan fingerprint density at radius 2 is 1.89 bits per heavy atom. The van der Waals surface area contributed by atoms with Gasteiger partial charge in [-0.05, 0) is 12.5 Å². The Morgan fingerprint density at radius 1 is 1.19 bits per heavy atom. The number of benzene rings is 1. The Labute approximate surface area is 156 Å². The van der Waals surface area contributed by atoms with Crippen LogP contribution in [0.3, 0.4) is 0 Å². The largest absolute Gasteiger partial charge is 0.347 e. The van der Waals surface area contributed by atoms with Crippen LogP contribution in [0, 0.1) is 0 Å². The lowest BCUT2D eigenvalue weighted by Gasteiger charge is -2.18. The maximum Gasteiger partial charge on any atom is 0.274 e. The fourth-order valence-electron chi connectivity index (χ4n) is 2.68. The number of rotatable bonds is 6. The summed E-state index contributed by atoms with van der Waals surface area (Å²) >= 11 is 0. The van der Waals surface area contributed by atoms with Crippen molar-refractivity contribution >= 4 is 22.6 Å². The minimum absolute atomic E-state index is 0.167. The molecule has 1 aromatic carbocycles. The normalized spacial score (nSPS) is 12.0. The molecule has 0 unspecified atom stereocenters. The van der Waals surface area contributed by atoms with Crippen molar-refractivity contribution in [3.63, 3.8) is 0 Å². The fraction of sp³-hybridized carbons (Fsp3) is 0.316. The smallest absolute Gasteiger partial charge is 0.274 e. The zero-order chi connectivity index (χ0) is 19.4. The van der Waals surface area contributed by atoms with Gasteiger partial charge in [0.05, 0.1) is 23.7 Å². The molecule has 0 aliphatic heterocycles. The molecule has 140 valence electrons. The summed E-state index contributed by atoms with van der Waals surface area (Å²) in [5, 5.41) is 8.56. The molecule has 3 aromatic rings. The van der Waals surface area contributed by atoms with Crippen molar-refractivity contribution in [2.24, 2.45) is 0 Å². The number of carbonyl (C=O) groups excluding carboxylic acids is 1. The first kappa shape index (κ1) is 18.5. The van der Waals surface area contributed by atoms with Crippen molar-refractivity contribution in [2.45, 2.75) is 25.9 Å². The highest BCUT2D eigenvalue weighted by atomic mass is 16.2. The van der Waals surface area contributed by atoms with Crippen LogP contribution < -0.4 is 15.8 Å². The molecule has 3 rings (SSSR count). The molecule has 0 radical (unpaired) electrons. The van der Waals surface area contributed by atoms with Gasteiger partial charge in [-0.2, -0.15) is 5.10 Å². The molecular formula is C19H22N6O2. The van der Waals surface area contributed by atoms with Crippen molar-refractivity contribution in [1.82, 2.24) is 25.1 Å². The second kappa shape index (κ2) is 7.94. The number of aromatic nitrogens is 4. The molecule has 0 bridgehead atoms. The summed E-state index contributed by atoms with van der Waals surface area (Å²) in [6.07, 6.45) is 5.30. The van der Waals surface area contributed by atoms with Crippen LogP contribution >= 0.6 is 0 Å². The summed E-state index contributed by atoms with van der Waals surface area (Å²) in [7, 11) is 3.66. The van der Waals surface area contributed by atoms with E-state index in [-0.39, 0.29) is 17.5 Å². The Hall–Kier alpha value is -3.29. The number of nitrogens with one attached hydrogen (secondary N) is 1. The van der Waals surface area contributed by atoms with Gasteiger partial charge in [0.15, 0.2) is 0 Å². The zero-order valence-corrected chi connectivity index (χ0v) is 15.6. The summed E-state index contributed by atoms with van der Waals surface area (Å²) < 4.78 is 1.39. The third kappa shape index (κ3) is 4.11.